The Morgan fingerprint density at radius 2 is 2.17 bits per heavy atom. The molecule has 0 aliphatic rings. The SMILES string of the molecule is CCOc1cccc(OC(C)CCC(=O)NN)c1. The molecule has 0 fully saturated rings. The smallest absolute Gasteiger partial charge is 0.234 e. The first-order chi connectivity index (χ1) is 8.65. The average Bonchev–Trinajstić information content (AvgIpc) is 2.37. The van der Waals surface area contributed by atoms with Crippen LogP contribution in [0.4, 0.5) is 0 Å². The Balaban J connectivity index is 2.45. The van der Waals surface area contributed by atoms with Crippen molar-refractivity contribution < 1.29 is 14.3 Å². The fraction of sp³-hybridized carbons (Fsp3) is 0.462. The topological polar surface area (TPSA) is 73.6 Å². The molecule has 1 aromatic rings. The molecule has 0 saturated heterocycles. The Bertz CT molecular complexity index is 382. The first kappa shape index (κ1) is 14.3. The number of carbonyl (C=O) groups is 1. The van der Waals surface area contributed by atoms with Crippen molar-refractivity contribution in [2.24, 2.45) is 5.84 Å². The number of hydrazine groups is 1. The zero-order valence-electron chi connectivity index (χ0n) is 10.8. The van der Waals surface area contributed by atoms with E-state index < -0.39 is 0 Å². The van der Waals surface area contributed by atoms with Gasteiger partial charge in [0.2, 0.25) is 5.91 Å². The molecule has 18 heavy (non-hydrogen) atoms. The normalized spacial score (nSPS) is 11.7. The van der Waals surface area contributed by atoms with Crippen LogP contribution in [0.15, 0.2) is 24.3 Å². The van der Waals surface area contributed by atoms with Crippen LogP contribution >= 0.6 is 0 Å². The third-order valence-electron chi connectivity index (χ3n) is 2.39. The molecule has 5 nitrogen and oxygen atoms in total. The van der Waals surface area contributed by atoms with Gasteiger partial charge < -0.3 is 9.47 Å². The number of hydrogen-bond donors (Lipinski definition) is 2. The van der Waals surface area contributed by atoms with Crippen LogP contribution in [0.3, 0.4) is 0 Å². The number of rotatable bonds is 7. The highest BCUT2D eigenvalue weighted by molar-refractivity contribution is 5.75. The zero-order chi connectivity index (χ0) is 13.4. The lowest BCUT2D eigenvalue weighted by molar-refractivity contribution is -0.121. The largest absolute Gasteiger partial charge is 0.494 e. The van der Waals surface area contributed by atoms with Crippen LogP contribution in [0.5, 0.6) is 11.5 Å². The number of nitrogens with two attached hydrogens (primary N) is 1. The van der Waals surface area contributed by atoms with E-state index in [4.69, 9.17) is 15.3 Å². The molecule has 3 N–H and O–H groups in total. The van der Waals surface area contributed by atoms with Crippen molar-refractivity contribution in [2.45, 2.75) is 32.8 Å². The standard InChI is InChI=1S/C13H20N2O3/c1-3-17-11-5-4-6-12(9-11)18-10(2)7-8-13(16)15-14/h4-6,9-10H,3,7-8,14H2,1-2H3,(H,15,16). The summed E-state index contributed by atoms with van der Waals surface area (Å²) < 4.78 is 11.1. The summed E-state index contributed by atoms with van der Waals surface area (Å²) in [5.41, 5.74) is 2.10. The van der Waals surface area contributed by atoms with Crippen LogP contribution in [0.1, 0.15) is 26.7 Å². The van der Waals surface area contributed by atoms with Crippen LogP contribution in [-0.4, -0.2) is 18.6 Å². The summed E-state index contributed by atoms with van der Waals surface area (Å²) in [5, 5.41) is 0. The van der Waals surface area contributed by atoms with Crippen molar-refractivity contribution in [1.29, 1.82) is 0 Å². The molecule has 0 aromatic heterocycles. The van der Waals surface area contributed by atoms with Crippen LogP contribution in [-0.2, 0) is 4.79 Å². The summed E-state index contributed by atoms with van der Waals surface area (Å²) in [7, 11) is 0. The van der Waals surface area contributed by atoms with Crippen molar-refractivity contribution >= 4 is 5.91 Å². The Morgan fingerprint density at radius 3 is 2.83 bits per heavy atom. The van der Waals surface area contributed by atoms with Crippen LogP contribution in [0.2, 0.25) is 0 Å². The molecule has 1 aromatic carbocycles. The van der Waals surface area contributed by atoms with Gasteiger partial charge in [-0.15, -0.1) is 0 Å². The zero-order valence-corrected chi connectivity index (χ0v) is 10.8. The predicted octanol–water partition coefficient (Wildman–Crippen LogP) is 1.62. The van der Waals surface area contributed by atoms with E-state index in [2.05, 4.69) is 5.43 Å². The van der Waals surface area contributed by atoms with Gasteiger partial charge in [-0.3, -0.25) is 10.2 Å². The Labute approximate surface area is 107 Å². The number of carbonyl (C=O) groups excluding carboxylic acids is 1. The fourth-order valence-electron chi connectivity index (χ4n) is 1.50. The maximum absolute atomic E-state index is 11.0. The molecule has 1 unspecified atom stereocenters. The summed E-state index contributed by atoms with van der Waals surface area (Å²) in [6, 6.07) is 7.45. The monoisotopic (exact) mass is 252 g/mol. The molecule has 100 valence electrons. The molecule has 1 atom stereocenters. The summed E-state index contributed by atoms with van der Waals surface area (Å²) in [6.45, 7) is 4.47. The Hall–Kier alpha value is -1.75. The second-order valence-corrected chi connectivity index (χ2v) is 3.94. The number of hydrogen-bond acceptors (Lipinski definition) is 4. The lowest BCUT2D eigenvalue weighted by Gasteiger charge is -2.15. The van der Waals surface area contributed by atoms with Crippen molar-refractivity contribution in [1.82, 2.24) is 5.43 Å². The van der Waals surface area contributed by atoms with Gasteiger partial charge in [-0.1, -0.05) is 6.07 Å². The van der Waals surface area contributed by atoms with E-state index in [-0.39, 0.29) is 12.0 Å². The molecule has 0 bridgehead atoms. The van der Waals surface area contributed by atoms with E-state index in [0.717, 1.165) is 11.5 Å². The molecule has 0 heterocycles. The number of nitrogens with one attached hydrogen (secondary N) is 1. The Kier molecular flexibility index (Phi) is 6.00. The van der Waals surface area contributed by atoms with Gasteiger partial charge in [0.25, 0.3) is 0 Å². The van der Waals surface area contributed by atoms with Crippen molar-refractivity contribution in [3.8, 4) is 11.5 Å². The van der Waals surface area contributed by atoms with E-state index in [9.17, 15) is 4.79 Å². The minimum absolute atomic E-state index is 0.0563. The van der Waals surface area contributed by atoms with Gasteiger partial charge in [-0.05, 0) is 32.4 Å². The van der Waals surface area contributed by atoms with Gasteiger partial charge in [-0.2, -0.15) is 0 Å². The molecular weight excluding hydrogens is 232 g/mol. The highest BCUT2D eigenvalue weighted by atomic mass is 16.5. The lowest BCUT2D eigenvalue weighted by atomic mass is 10.2. The van der Waals surface area contributed by atoms with E-state index in [1.54, 1.807) is 0 Å². The van der Waals surface area contributed by atoms with Gasteiger partial charge in [0.05, 0.1) is 12.7 Å². The highest BCUT2D eigenvalue weighted by Crippen LogP contribution is 2.21. The molecule has 0 radical (unpaired) electrons. The number of ether oxygens (including phenoxy) is 2. The predicted molar refractivity (Wildman–Crippen MR) is 69.3 cm³/mol. The van der Waals surface area contributed by atoms with E-state index in [0.29, 0.717) is 19.4 Å². The number of amides is 1. The van der Waals surface area contributed by atoms with Gasteiger partial charge in [-0.25, -0.2) is 5.84 Å². The average molecular weight is 252 g/mol. The highest BCUT2D eigenvalue weighted by Gasteiger charge is 2.07. The van der Waals surface area contributed by atoms with E-state index in [1.807, 2.05) is 38.1 Å². The van der Waals surface area contributed by atoms with Crippen LogP contribution < -0.4 is 20.7 Å². The van der Waals surface area contributed by atoms with Gasteiger partial charge in [0.1, 0.15) is 11.5 Å². The molecule has 1 rings (SSSR count). The third-order valence-corrected chi connectivity index (χ3v) is 2.39. The molecule has 1 amide bonds. The van der Waals surface area contributed by atoms with Crippen molar-refractivity contribution in [3.63, 3.8) is 0 Å². The second kappa shape index (κ2) is 7.55. The second-order valence-electron chi connectivity index (χ2n) is 3.94. The van der Waals surface area contributed by atoms with Gasteiger partial charge in [0.15, 0.2) is 0 Å². The quantitative estimate of drug-likeness (QED) is 0.439. The fourth-order valence-corrected chi connectivity index (χ4v) is 1.50. The minimum atomic E-state index is -0.187. The third kappa shape index (κ3) is 5.05. The van der Waals surface area contributed by atoms with Crippen molar-refractivity contribution in [3.05, 3.63) is 24.3 Å². The van der Waals surface area contributed by atoms with Gasteiger partial charge >= 0.3 is 0 Å². The minimum Gasteiger partial charge on any atom is -0.494 e. The summed E-state index contributed by atoms with van der Waals surface area (Å²) in [6.07, 6.45) is 0.907. The lowest BCUT2D eigenvalue weighted by Crippen LogP contribution is -2.30. The molecule has 0 saturated carbocycles. The summed E-state index contributed by atoms with van der Waals surface area (Å²) in [5.74, 6) is 6.34. The van der Waals surface area contributed by atoms with Crippen LogP contribution in [0, 0.1) is 0 Å². The maximum Gasteiger partial charge on any atom is 0.234 e. The molecule has 5 heteroatoms. The molecular formula is C13H20N2O3. The van der Waals surface area contributed by atoms with Crippen LogP contribution in [0.25, 0.3) is 0 Å². The van der Waals surface area contributed by atoms with Crippen molar-refractivity contribution in [2.75, 3.05) is 6.61 Å². The molecule has 0 aliphatic carbocycles. The molecule has 0 spiro atoms. The summed E-state index contributed by atoms with van der Waals surface area (Å²) >= 11 is 0. The van der Waals surface area contributed by atoms with Gasteiger partial charge in [0, 0.05) is 12.5 Å². The maximum atomic E-state index is 11.0. The molecule has 0 aliphatic heterocycles. The van der Waals surface area contributed by atoms with E-state index in [1.165, 1.54) is 0 Å². The first-order valence-electron chi connectivity index (χ1n) is 6.04. The first-order valence-corrected chi connectivity index (χ1v) is 6.04. The summed E-state index contributed by atoms with van der Waals surface area (Å²) in [4.78, 5) is 11.0. The van der Waals surface area contributed by atoms with E-state index >= 15 is 0 Å². The number of benzene rings is 1. The Morgan fingerprint density at radius 1 is 1.44 bits per heavy atom.